The summed E-state index contributed by atoms with van der Waals surface area (Å²) < 4.78 is 11.4. The molecule has 0 bridgehead atoms. The zero-order chi connectivity index (χ0) is 30.9. The zero-order valence-corrected chi connectivity index (χ0v) is 25.5. The van der Waals surface area contributed by atoms with Gasteiger partial charge in [0.15, 0.2) is 0 Å². The molecular formula is C44H28N2O. The van der Waals surface area contributed by atoms with Crippen molar-refractivity contribution in [1.82, 2.24) is 9.13 Å². The summed E-state index contributed by atoms with van der Waals surface area (Å²) in [6.45, 7) is 0. The molecule has 7 aromatic carbocycles. The highest BCUT2D eigenvalue weighted by Crippen LogP contribution is 2.42. The maximum absolute atomic E-state index is 6.71. The molecule has 0 saturated carbocycles. The highest BCUT2D eigenvalue weighted by molar-refractivity contribution is 6.20. The molecular weight excluding hydrogens is 572 g/mol. The smallest absolute Gasteiger partial charge is 0.213 e. The average Bonchev–Trinajstić information content (AvgIpc) is 3.79. The molecule has 0 spiro atoms. The maximum atomic E-state index is 6.71. The summed E-state index contributed by atoms with van der Waals surface area (Å²) in [7, 11) is 0. The Balaban J connectivity index is 1.13. The Morgan fingerprint density at radius 1 is 0.383 bits per heavy atom. The Morgan fingerprint density at radius 2 is 0.957 bits per heavy atom. The Bertz CT molecular complexity index is 2720. The number of nitrogens with zero attached hydrogens (tertiary/aromatic N) is 2. The second kappa shape index (κ2) is 10.1. The fourth-order valence-electron chi connectivity index (χ4n) is 7.44. The van der Waals surface area contributed by atoms with Crippen molar-refractivity contribution in [2.24, 2.45) is 0 Å². The lowest BCUT2D eigenvalue weighted by molar-refractivity contribution is 0.645. The summed E-state index contributed by atoms with van der Waals surface area (Å²) in [6.07, 6.45) is 0. The first-order valence-electron chi connectivity index (χ1n) is 16.0. The van der Waals surface area contributed by atoms with Crippen molar-refractivity contribution in [3.05, 3.63) is 170 Å². The van der Waals surface area contributed by atoms with Crippen LogP contribution < -0.4 is 0 Å². The van der Waals surface area contributed by atoms with Gasteiger partial charge in [-0.05, 0) is 65.2 Å². The van der Waals surface area contributed by atoms with E-state index in [9.17, 15) is 0 Å². The molecule has 0 fully saturated rings. The minimum atomic E-state index is 0.864. The lowest BCUT2D eigenvalue weighted by Crippen LogP contribution is -1.96. The van der Waals surface area contributed by atoms with Crippen LogP contribution in [0.4, 0.5) is 0 Å². The number of para-hydroxylation sites is 4. The van der Waals surface area contributed by atoms with Crippen molar-refractivity contribution in [1.29, 1.82) is 0 Å². The van der Waals surface area contributed by atoms with E-state index in [2.05, 4.69) is 179 Å². The van der Waals surface area contributed by atoms with Gasteiger partial charge in [0.1, 0.15) is 5.58 Å². The summed E-state index contributed by atoms with van der Waals surface area (Å²) in [5, 5.41) is 5.99. The molecule has 0 radical (unpaired) electrons. The third-order valence-electron chi connectivity index (χ3n) is 9.56. The number of hydrogen-bond donors (Lipinski definition) is 0. The fraction of sp³-hybridized carbons (Fsp3) is 0. The van der Waals surface area contributed by atoms with E-state index in [1.807, 2.05) is 0 Å². The highest BCUT2D eigenvalue weighted by atomic mass is 16.3. The molecule has 0 amide bonds. The second-order valence-corrected chi connectivity index (χ2v) is 12.1. The molecule has 0 aliphatic heterocycles. The van der Waals surface area contributed by atoms with E-state index in [1.165, 1.54) is 43.9 Å². The van der Waals surface area contributed by atoms with Crippen molar-refractivity contribution in [3.8, 4) is 33.6 Å². The Hall–Kier alpha value is -6.32. The van der Waals surface area contributed by atoms with Gasteiger partial charge in [-0.15, -0.1) is 0 Å². The molecule has 3 aromatic heterocycles. The van der Waals surface area contributed by atoms with Crippen LogP contribution in [0.5, 0.6) is 0 Å². The van der Waals surface area contributed by atoms with Gasteiger partial charge in [-0.25, -0.2) is 0 Å². The standard InChI is InChI=1S/C44H28N2O/c1-2-12-30(13-3-1)33-14-4-8-18-38(33)46-41-21-11-7-17-36(41)43-37-28-31(24-27-42(37)47-44(43)46)29-22-25-32(26-23-29)45-39-19-9-5-15-34(39)35-16-6-10-20-40(35)45/h1-28H. The predicted octanol–water partition coefficient (Wildman–Crippen LogP) is 12.0. The van der Waals surface area contributed by atoms with Crippen LogP contribution in [0.3, 0.4) is 0 Å². The van der Waals surface area contributed by atoms with Gasteiger partial charge >= 0.3 is 0 Å². The molecule has 220 valence electrons. The molecule has 0 saturated heterocycles. The average molecular weight is 601 g/mol. The van der Waals surface area contributed by atoms with E-state index < -0.39 is 0 Å². The molecule has 0 aliphatic carbocycles. The highest BCUT2D eigenvalue weighted by Gasteiger charge is 2.21. The van der Waals surface area contributed by atoms with E-state index in [0.29, 0.717) is 0 Å². The molecule has 3 nitrogen and oxygen atoms in total. The van der Waals surface area contributed by atoms with Crippen LogP contribution in [-0.2, 0) is 0 Å². The zero-order valence-electron chi connectivity index (χ0n) is 25.5. The third kappa shape index (κ3) is 3.87. The van der Waals surface area contributed by atoms with E-state index in [0.717, 1.165) is 44.5 Å². The monoisotopic (exact) mass is 600 g/mol. The summed E-state index contributed by atoms with van der Waals surface area (Å²) in [5.74, 6) is 0. The van der Waals surface area contributed by atoms with E-state index >= 15 is 0 Å². The van der Waals surface area contributed by atoms with Crippen LogP contribution in [0.25, 0.3) is 88.4 Å². The van der Waals surface area contributed by atoms with Crippen LogP contribution in [0.1, 0.15) is 0 Å². The summed E-state index contributed by atoms with van der Waals surface area (Å²) in [6, 6.07) is 60.6. The number of furan rings is 1. The number of aromatic nitrogens is 2. The normalized spacial score (nSPS) is 11.8. The Labute approximate surface area is 271 Å². The van der Waals surface area contributed by atoms with Crippen LogP contribution in [0.15, 0.2) is 174 Å². The van der Waals surface area contributed by atoms with E-state index in [4.69, 9.17) is 4.42 Å². The number of fused-ring (bicyclic) bond motifs is 8. The van der Waals surface area contributed by atoms with Crippen LogP contribution in [-0.4, -0.2) is 9.13 Å². The first kappa shape index (κ1) is 26.0. The van der Waals surface area contributed by atoms with E-state index in [1.54, 1.807) is 0 Å². The summed E-state index contributed by atoms with van der Waals surface area (Å²) >= 11 is 0. The van der Waals surface area contributed by atoms with Gasteiger partial charge in [-0.3, -0.25) is 4.57 Å². The predicted molar refractivity (Wildman–Crippen MR) is 196 cm³/mol. The fourth-order valence-corrected chi connectivity index (χ4v) is 7.44. The lowest BCUT2D eigenvalue weighted by atomic mass is 10.0. The lowest BCUT2D eigenvalue weighted by Gasteiger charge is -2.12. The SMILES string of the molecule is c1ccc(-c2ccccc2-n2c3ccccc3c3c4cc(-c5ccc(-n6c7ccccc7c7ccccc76)cc5)ccc4oc32)cc1. The van der Waals surface area contributed by atoms with Gasteiger partial charge in [-0.2, -0.15) is 0 Å². The van der Waals surface area contributed by atoms with Gasteiger partial charge in [-0.1, -0.05) is 121 Å². The molecule has 0 aliphatic rings. The molecule has 0 atom stereocenters. The summed E-state index contributed by atoms with van der Waals surface area (Å²) in [5.41, 5.74) is 12.2. The molecule has 0 unspecified atom stereocenters. The molecule has 3 heteroatoms. The maximum Gasteiger partial charge on any atom is 0.213 e. The van der Waals surface area contributed by atoms with Crippen LogP contribution in [0.2, 0.25) is 0 Å². The minimum Gasteiger partial charge on any atom is -0.439 e. The van der Waals surface area contributed by atoms with Gasteiger partial charge in [0.05, 0.1) is 27.6 Å². The molecule has 47 heavy (non-hydrogen) atoms. The Kier molecular flexibility index (Phi) is 5.57. The van der Waals surface area contributed by atoms with Gasteiger partial charge in [0, 0.05) is 32.8 Å². The molecule has 3 heterocycles. The minimum absolute atomic E-state index is 0.864. The molecule has 10 aromatic rings. The quantitative estimate of drug-likeness (QED) is 0.197. The molecule has 10 rings (SSSR count). The van der Waals surface area contributed by atoms with Gasteiger partial charge in [0.25, 0.3) is 0 Å². The summed E-state index contributed by atoms with van der Waals surface area (Å²) in [4.78, 5) is 0. The topological polar surface area (TPSA) is 23.0 Å². The van der Waals surface area contributed by atoms with Crippen molar-refractivity contribution in [2.75, 3.05) is 0 Å². The number of hydrogen-bond acceptors (Lipinski definition) is 1. The van der Waals surface area contributed by atoms with Crippen molar-refractivity contribution in [2.45, 2.75) is 0 Å². The largest absolute Gasteiger partial charge is 0.439 e. The van der Waals surface area contributed by atoms with Crippen molar-refractivity contribution < 1.29 is 4.42 Å². The second-order valence-electron chi connectivity index (χ2n) is 12.1. The van der Waals surface area contributed by atoms with Crippen LogP contribution in [0, 0.1) is 0 Å². The van der Waals surface area contributed by atoms with Crippen LogP contribution >= 0.6 is 0 Å². The first-order valence-corrected chi connectivity index (χ1v) is 16.0. The first-order chi connectivity index (χ1) is 23.3. The van der Waals surface area contributed by atoms with E-state index in [-0.39, 0.29) is 0 Å². The van der Waals surface area contributed by atoms with Crippen molar-refractivity contribution >= 4 is 54.8 Å². The van der Waals surface area contributed by atoms with Gasteiger partial charge in [0.2, 0.25) is 5.71 Å². The number of rotatable bonds is 4. The van der Waals surface area contributed by atoms with Crippen molar-refractivity contribution in [3.63, 3.8) is 0 Å². The third-order valence-corrected chi connectivity index (χ3v) is 9.56. The molecule has 0 N–H and O–H groups in total. The van der Waals surface area contributed by atoms with Gasteiger partial charge < -0.3 is 8.98 Å². The number of benzene rings is 7. The Morgan fingerprint density at radius 3 is 1.68 bits per heavy atom.